The van der Waals surface area contributed by atoms with Crippen molar-refractivity contribution in [1.82, 2.24) is 0 Å². The lowest BCUT2D eigenvalue weighted by Gasteiger charge is -2.32. The van der Waals surface area contributed by atoms with E-state index < -0.39 is 15.8 Å². The van der Waals surface area contributed by atoms with E-state index in [0.717, 1.165) is 44.4 Å². The van der Waals surface area contributed by atoms with Gasteiger partial charge in [-0.15, -0.1) is 0 Å². The van der Waals surface area contributed by atoms with Gasteiger partial charge in [-0.2, -0.15) is 0 Å². The van der Waals surface area contributed by atoms with Crippen molar-refractivity contribution in [2.75, 3.05) is 144 Å². The largest absolute Gasteiger partial charge is 0.379 e. The first-order valence-electron chi connectivity index (χ1n) is 27.1. The molecule has 12 nitrogen and oxygen atoms in total. The Kier molecular flexibility index (Phi) is 25.9. The second kappa shape index (κ2) is 33.4. The maximum absolute atomic E-state index is 7.17. The Labute approximate surface area is 438 Å². The van der Waals surface area contributed by atoms with Crippen molar-refractivity contribution in [3.8, 4) is 0 Å². The zero-order valence-corrected chi connectivity index (χ0v) is 44.8. The molecule has 0 aromatic heterocycles. The molecule has 4 aromatic rings. The van der Waals surface area contributed by atoms with Crippen LogP contribution in [0.15, 0.2) is 121 Å². The van der Waals surface area contributed by atoms with E-state index in [2.05, 4.69) is 121 Å². The lowest BCUT2D eigenvalue weighted by molar-refractivity contribution is -0.0933. The topological polar surface area (TPSA) is 111 Å². The van der Waals surface area contributed by atoms with Gasteiger partial charge in [0, 0.05) is 35.8 Å². The van der Waals surface area contributed by atoms with Gasteiger partial charge in [0.1, 0.15) is 0 Å². The third-order valence-electron chi connectivity index (χ3n) is 14.2. The highest BCUT2D eigenvalue weighted by Gasteiger charge is 2.54. The smallest absolute Gasteiger partial charge is 0.0914 e. The molecule has 0 aliphatic carbocycles. The van der Waals surface area contributed by atoms with Crippen molar-refractivity contribution in [3.05, 3.63) is 144 Å². The van der Waals surface area contributed by atoms with E-state index in [4.69, 9.17) is 56.8 Å². The van der Waals surface area contributed by atoms with Gasteiger partial charge in [0.15, 0.2) is 0 Å². The van der Waals surface area contributed by atoms with Gasteiger partial charge >= 0.3 is 0 Å². The van der Waals surface area contributed by atoms with Crippen molar-refractivity contribution in [2.45, 2.75) is 79.2 Å². The van der Waals surface area contributed by atoms with Crippen molar-refractivity contribution in [3.63, 3.8) is 0 Å². The molecular formula is C59H82O12P2. The van der Waals surface area contributed by atoms with E-state index in [0.29, 0.717) is 132 Å². The lowest BCUT2D eigenvalue weighted by atomic mass is 9.98. The first-order chi connectivity index (χ1) is 36.3. The maximum atomic E-state index is 7.17. The highest BCUT2D eigenvalue weighted by atomic mass is 31.1. The fourth-order valence-electron chi connectivity index (χ4n) is 10.8. The standard InChI is InChI=1S/C59H82O12P2/c1-5-14-48(15-6-1)44-52-56-57(69-39-35-65-27-25-61-23-13-22-60-24-26-64-34-38-68-56)53(45-49-16-7-2-8-17-49)72(52)42-43-73-54(46-50-18-9-3-10-19-50)58-59(55(73)47-51-20-11-4-12-21-51)71-41-37-67-33-31-63-29-28-62-30-32-66-36-40-70-58/h1-12,14-21,52-59H,13,22-47H2. The summed E-state index contributed by atoms with van der Waals surface area (Å²) in [6.45, 7) is 10.4. The second-order valence-electron chi connectivity index (χ2n) is 19.1. The maximum Gasteiger partial charge on any atom is 0.0914 e. The van der Waals surface area contributed by atoms with Gasteiger partial charge in [0.2, 0.25) is 0 Å². The molecule has 0 radical (unpaired) electrons. The molecule has 0 saturated carbocycles. The van der Waals surface area contributed by atoms with Crippen LogP contribution in [-0.4, -0.2) is 192 Å². The summed E-state index contributed by atoms with van der Waals surface area (Å²) in [4.78, 5) is 0. The molecule has 8 atom stereocenters. The molecule has 4 heterocycles. The molecule has 4 fully saturated rings. The summed E-state index contributed by atoms with van der Waals surface area (Å²) in [6, 6.07) is 44.1. The predicted octanol–water partition coefficient (Wildman–Crippen LogP) is 8.51. The van der Waals surface area contributed by atoms with Gasteiger partial charge in [0.25, 0.3) is 0 Å². The van der Waals surface area contributed by atoms with Crippen LogP contribution in [0.4, 0.5) is 0 Å². The molecule has 4 aliphatic rings. The normalized spacial score (nSPS) is 29.8. The highest BCUT2D eigenvalue weighted by Crippen LogP contribution is 2.65. The summed E-state index contributed by atoms with van der Waals surface area (Å²) in [5, 5.41) is 0. The Hall–Kier alpha value is -2.74. The predicted molar refractivity (Wildman–Crippen MR) is 289 cm³/mol. The molecule has 8 rings (SSSR count). The summed E-state index contributed by atoms with van der Waals surface area (Å²) in [5.41, 5.74) is 6.31. The zero-order chi connectivity index (χ0) is 49.8. The quantitative estimate of drug-likeness (QED) is 0.134. The van der Waals surface area contributed by atoms with Gasteiger partial charge in [-0.25, -0.2) is 0 Å². The van der Waals surface area contributed by atoms with Gasteiger partial charge < -0.3 is 56.8 Å². The first-order valence-corrected chi connectivity index (χ1v) is 30.4. The molecule has 0 amide bonds. The van der Waals surface area contributed by atoms with Crippen molar-refractivity contribution >= 4 is 15.8 Å². The fourth-order valence-corrected chi connectivity index (χ4v) is 19.3. The second-order valence-corrected chi connectivity index (χ2v) is 24.7. The summed E-state index contributed by atoms with van der Waals surface area (Å²) >= 11 is 0. The number of ether oxygens (including phenoxy) is 12. The van der Waals surface area contributed by atoms with Gasteiger partial charge in [0.05, 0.1) is 143 Å². The Balaban J connectivity index is 1.14. The molecular weight excluding hydrogens is 963 g/mol. The molecule has 400 valence electrons. The number of rotatable bonds is 11. The number of hydrogen-bond acceptors (Lipinski definition) is 12. The average Bonchev–Trinajstić information content (AvgIpc) is 3.83. The lowest BCUT2D eigenvalue weighted by Crippen LogP contribution is -2.40. The number of fused-ring (bicyclic) bond motifs is 2. The van der Waals surface area contributed by atoms with Crippen LogP contribution in [0.3, 0.4) is 0 Å². The molecule has 4 saturated heterocycles. The third-order valence-corrected chi connectivity index (χ3v) is 21.4. The van der Waals surface area contributed by atoms with Crippen LogP contribution >= 0.6 is 15.8 Å². The molecule has 14 heteroatoms. The highest BCUT2D eigenvalue weighted by molar-refractivity contribution is 7.63. The molecule has 0 spiro atoms. The monoisotopic (exact) mass is 1040 g/mol. The van der Waals surface area contributed by atoms with Crippen LogP contribution in [0.5, 0.6) is 0 Å². The van der Waals surface area contributed by atoms with Crippen LogP contribution < -0.4 is 0 Å². The summed E-state index contributed by atoms with van der Waals surface area (Å²) in [7, 11) is -1.38. The summed E-state index contributed by atoms with van der Waals surface area (Å²) in [6.07, 6.45) is 6.14. The van der Waals surface area contributed by atoms with Crippen LogP contribution in [0.25, 0.3) is 0 Å². The minimum Gasteiger partial charge on any atom is -0.379 e. The summed E-state index contributed by atoms with van der Waals surface area (Å²) < 4.78 is 76.4. The molecule has 73 heavy (non-hydrogen) atoms. The molecule has 0 N–H and O–H groups in total. The van der Waals surface area contributed by atoms with E-state index in [-0.39, 0.29) is 47.1 Å². The SMILES string of the molecule is c1ccc(CC2C3OCCOCCOCCCOCCOCCOC3C(Cc3ccccc3)P2CCP2C(Cc3ccccc3)C3OCCOCCOCCOCCOCCOC3C2Cc2ccccc2)cc1. The van der Waals surface area contributed by atoms with Crippen molar-refractivity contribution in [1.29, 1.82) is 0 Å². The van der Waals surface area contributed by atoms with E-state index in [1.807, 2.05) is 0 Å². The zero-order valence-electron chi connectivity index (χ0n) is 43.1. The van der Waals surface area contributed by atoms with Gasteiger partial charge in [-0.3, -0.25) is 0 Å². The van der Waals surface area contributed by atoms with Crippen LogP contribution in [-0.2, 0) is 82.5 Å². The third kappa shape index (κ3) is 18.8. The molecule has 4 aromatic carbocycles. The van der Waals surface area contributed by atoms with Crippen molar-refractivity contribution in [2.24, 2.45) is 0 Å². The van der Waals surface area contributed by atoms with E-state index in [9.17, 15) is 0 Å². The number of benzene rings is 4. The number of hydrogen-bond donors (Lipinski definition) is 0. The van der Waals surface area contributed by atoms with Gasteiger partial charge in [-0.05, 0) is 66.7 Å². The van der Waals surface area contributed by atoms with Crippen molar-refractivity contribution < 1.29 is 56.8 Å². The Bertz CT molecular complexity index is 1870. The fraction of sp³-hybridized carbons (Fsp3) is 0.593. The molecule has 8 unspecified atom stereocenters. The summed E-state index contributed by atoms with van der Waals surface area (Å²) in [5.74, 6) is 0. The minimum absolute atomic E-state index is 0.129. The Morgan fingerprint density at radius 1 is 0.260 bits per heavy atom. The Morgan fingerprint density at radius 2 is 0.466 bits per heavy atom. The van der Waals surface area contributed by atoms with Crippen LogP contribution in [0, 0.1) is 0 Å². The van der Waals surface area contributed by atoms with Crippen LogP contribution in [0.1, 0.15) is 28.7 Å². The molecule has 4 aliphatic heterocycles. The van der Waals surface area contributed by atoms with E-state index >= 15 is 0 Å². The first kappa shape index (κ1) is 56.5. The van der Waals surface area contributed by atoms with Crippen LogP contribution in [0.2, 0.25) is 0 Å². The van der Waals surface area contributed by atoms with E-state index in [1.54, 1.807) is 0 Å². The Morgan fingerprint density at radius 3 is 0.699 bits per heavy atom. The van der Waals surface area contributed by atoms with E-state index in [1.165, 1.54) is 22.3 Å². The van der Waals surface area contributed by atoms with Gasteiger partial charge in [-0.1, -0.05) is 137 Å². The average molecular weight is 1050 g/mol. The molecule has 0 bridgehead atoms. The minimum atomic E-state index is -0.689.